The number of nitrogens with zero attached hydrogens (tertiary/aromatic N) is 1. The van der Waals surface area contributed by atoms with Crippen molar-refractivity contribution < 1.29 is 0 Å². The van der Waals surface area contributed by atoms with E-state index < -0.39 is 0 Å². The molecule has 19 heavy (non-hydrogen) atoms. The summed E-state index contributed by atoms with van der Waals surface area (Å²) in [6.07, 6.45) is 0.915. The largest absolute Gasteiger partial charge is 0.313 e. The summed E-state index contributed by atoms with van der Waals surface area (Å²) in [4.78, 5) is 5.93. The van der Waals surface area contributed by atoms with Gasteiger partial charge in [-0.3, -0.25) is 0 Å². The lowest BCUT2D eigenvalue weighted by atomic mass is 9.99. The molecule has 0 aliphatic rings. The summed E-state index contributed by atoms with van der Waals surface area (Å²) in [5, 5.41) is 5.35. The normalized spacial score (nSPS) is 12.7. The number of aryl methyl sites for hydroxylation is 3. The molecule has 0 aliphatic heterocycles. The Kier molecular flexibility index (Phi) is 4.61. The fourth-order valence-electron chi connectivity index (χ4n) is 2.20. The van der Waals surface area contributed by atoms with Crippen molar-refractivity contribution in [2.24, 2.45) is 0 Å². The van der Waals surface area contributed by atoms with E-state index in [-0.39, 0.29) is 6.04 Å². The first-order valence-electron chi connectivity index (χ1n) is 6.37. The van der Waals surface area contributed by atoms with Crippen LogP contribution in [0.4, 0.5) is 0 Å². The van der Waals surface area contributed by atoms with Crippen molar-refractivity contribution in [3.8, 4) is 0 Å². The highest BCUT2D eigenvalue weighted by molar-refractivity contribution is 7.11. The van der Waals surface area contributed by atoms with Gasteiger partial charge in [-0.15, -0.1) is 11.3 Å². The van der Waals surface area contributed by atoms with Crippen molar-refractivity contribution in [2.45, 2.75) is 33.2 Å². The van der Waals surface area contributed by atoms with Crippen molar-refractivity contribution in [3.05, 3.63) is 49.9 Å². The van der Waals surface area contributed by atoms with Crippen LogP contribution in [0.15, 0.2) is 18.2 Å². The van der Waals surface area contributed by atoms with Crippen LogP contribution in [-0.2, 0) is 6.42 Å². The second-order valence-corrected chi connectivity index (χ2v) is 6.52. The van der Waals surface area contributed by atoms with E-state index >= 15 is 0 Å². The van der Waals surface area contributed by atoms with Gasteiger partial charge in [0.1, 0.15) is 0 Å². The second-order valence-electron chi connectivity index (χ2n) is 4.80. The first kappa shape index (κ1) is 14.5. The lowest BCUT2D eigenvalue weighted by molar-refractivity contribution is 0.587. The van der Waals surface area contributed by atoms with Crippen LogP contribution in [0.2, 0.25) is 5.02 Å². The van der Waals surface area contributed by atoms with Crippen LogP contribution in [0.25, 0.3) is 0 Å². The molecule has 2 rings (SSSR count). The Labute approximate surface area is 123 Å². The van der Waals surface area contributed by atoms with Crippen molar-refractivity contribution in [2.75, 3.05) is 7.05 Å². The van der Waals surface area contributed by atoms with Gasteiger partial charge < -0.3 is 5.32 Å². The number of likely N-dealkylation sites (N-methyl/N-ethyl adjacent to an activating group) is 1. The van der Waals surface area contributed by atoms with Gasteiger partial charge in [0.15, 0.2) is 0 Å². The molecule has 1 atom stereocenters. The quantitative estimate of drug-likeness (QED) is 0.913. The second kappa shape index (κ2) is 6.04. The molecule has 0 saturated carbocycles. The molecule has 1 N–H and O–H groups in total. The van der Waals surface area contributed by atoms with Crippen LogP contribution in [0, 0.1) is 20.8 Å². The molecule has 0 bridgehead atoms. The maximum absolute atomic E-state index is 6.02. The molecule has 0 fully saturated rings. The van der Waals surface area contributed by atoms with Crippen LogP contribution < -0.4 is 5.32 Å². The third-order valence-electron chi connectivity index (χ3n) is 3.41. The third-order valence-corrected chi connectivity index (χ3v) is 4.74. The number of rotatable bonds is 4. The van der Waals surface area contributed by atoms with Gasteiger partial charge in [0, 0.05) is 22.4 Å². The third kappa shape index (κ3) is 3.35. The van der Waals surface area contributed by atoms with Crippen LogP contribution in [0.3, 0.4) is 0 Å². The zero-order valence-corrected chi connectivity index (χ0v) is 13.3. The molecule has 1 unspecified atom stereocenters. The fraction of sp³-hybridized carbons (Fsp3) is 0.400. The molecule has 1 heterocycles. The Morgan fingerprint density at radius 2 is 2.05 bits per heavy atom. The number of hydrogen-bond acceptors (Lipinski definition) is 3. The Hall–Kier alpha value is -0.900. The Morgan fingerprint density at radius 3 is 2.58 bits per heavy atom. The summed E-state index contributed by atoms with van der Waals surface area (Å²) in [6, 6.07) is 6.35. The minimum atomic E-state index is 0.280. The summed E-state index contributed by atoms with van der Waals surface area (Å²) in [5.74, 6) is 0. The topological polar surface area (TPSA) is 24.9 Å². The van der Waals surface area contributed by atoms with E-state index in [9.17, 15) is 0 Å². The minimum absolute atomic E-state index is 0.280. The SMILES string of the molecule is CNC(Cc1nc(C)c(C)s1)c1ccc(Cl)cc1C. The number of halogens is 1. The molecule has 0 radical (unpaired) electrons. The molecule has 0 aliphatic carbocycles. The maximum atomic E-state index is 6.02. The average Bonchev–Trinajstić information content (AvgIpc) is 2.66. The van der Waals surface area contributed by atoms with E-state index in [1.165, 1.54) is 21.0 Å². The summed E-state index contributed by atoms with van der Waals surface area (Å²) in [6.45, 7) is 6.29. The van der Waals surface area contributed by atoms with E-state index in [0.29, 0.717) is 0 Å². The smallest absolute Gasteiger partial charge is 0.0949 e. The van der Waals surface area contributed by atoms with E-state index in [0.717, 1.165) is 17.1 Å². The van der Waals surface area contributed by atoms with Crippen molar-refractivity contribution in [1.29, 1.82) is 0 Å². The molecule has 102 valence electrons. The molecular formula is C15H19ClN2S. The van der Waals surface area contributed by atoms with Crippen molar-refractivity contribution in [1.82, 2.24) is 10.3 Å². The molecule has 1 aromatic heterocycles. The Balaban J connectivity index is 2.24. The molecule has 0 saturated heterocycles. The van der Waals surface area contributed by atoms with Crippen LogP contribution in [0.5, 0.6) is 0 Å². The average molecular weight is 295 g/mol. The van der Waals surface area contributed by atoms with Gasteiger partial charge in [0.25, 0.3) is 0 Å². The lowest BCUT2D eigenvalue weighted by Gasteiger charge is -2.18. The minimum Gasteiger partial charge on any atom is -0.313 e. The van der Waals surface area contributed by atoms with Gasteiger partial charge >= 0.3 is 0 Å². The molecule has 0 amide bonds. The molecule has 1 aromatic carbocycles. The van der Waals surface area contributed by atoms with Gasteiger partial charge in [0.2, 0.25) is 0 Å². The molecule has 4 heteroatoms. The first-order chi connectivity index (χ1) is 9.01. The molecule has 2 aromatic rings. The standard InChI is InChI=1S/C15H19ClN2S/c1-9-7-12(16)5-6-13(9)14(17-4)8-15-18-10(2)11(3)19-15/h5-7,14,17H,8H2,1-4H3. The maximum Gasteiger partial charge on any atom is 0.0949 e. The highest BCUT2D eigenvalue weighted by atomic mass is 35.5. The number of hydrogen-bond donors (Lipinski definition) is 1. The summed E-state index contributed by atoms with van der Waals surface area (Å²) >= 11 is 7.80. The molecular weight excluding hydrogens is 276 g/mol. The zero-order valence-electron chi connectivity index (χ0n) is 11.7. The number of benzene rings is 1. The lowest BCUT2D eigenvalue weighted by Crippen LogP contribution is -2.19. The number of thiazole rings is 1. The monoisotopic (exact) mass is 294 g/mol. The zero-order chi connectivity index (χ0) is 14.0. The van der Waals surface area contributed by atoms with E-state index in [1.807, 2.05) is 19.2 Å². The van der Waals surface area contributed by atoms with Crippen LogP contribution in [-0.4, -0.2) is 12.0 Å². The van der Waals surface area contributed by atoms with Gasteiger partial charge in [0.05, 0.1) is 10.7 Å². The fourth-order valence-corrected chi connectivity index (χ4v) is 3.40. The van der Waals surface area contributed by atoms with Crippen molar-refractivity contribution in [3.63, 3.8) is 0 Å². The predicted molar refractivity (Wildman–Crippen MR) is 83.3 cm³/mol. The number of aromatic nitrogens is 1. The predicted octanol–water partition coefficient (Wildman–Crippen LogP) is 4.22. The first-order valence-corrected chi connectivity index (χ1v) is 7.57. The highest BCUT2D eigenvalue weighted by Crippen LogP contribution is 2.26. The van der Waals surface area contributed by atoms with Gasteiger partial charge in [-0.25, -0.2) is 4.98 Å². The summed E-state index contributed by atoms with van der Waals surface area (Å²) < 4.78 is 0. The van der Waals surface area contributed by atoms with Crippen LogP contribution >= 0.6 is 22.9 Å². The van der Waals surface area contributed by atoms with Gasteiger partial charge in [-0.05, 0) is 51.1 Å². The summed E-state index contributed by atoms with van der Waals surface area (Å²) in [7, 11) is 1.99. The van der Waals surface area contributed by atoms with E-state index in [2.05, 4.69) is 37.1 Å². The summed E-state index contributed by atoms with van der Waals surface area (Å²) in [5.41, 5.74) is 3.65. The van der Waals surface area contributed by atoms with Crippen molar-refractivity contribution >= 4 is 22.9 Å². The van der Waals surface area contributed by atoms with Crippen LogP contribution in [0.1, 0.15) is 32.7 Å². The van der Waals surface area contributed by atoms with Gasteiger partial charge in [-0.1, -0.05) is 17.7 Å². The highest BCUT2D eigenvalue weighted by Gasteiger charge is 2.15. The number of nitrogens with one attached hydrogen (secondary N) is 1. The van der Waals surface area contributed by atoms with E-state index in [4.69, 9.17) is 11.6 Å². The Morgan fingerprint density at radius 1 is 1.32 bits per heavy atom. The van der Waals surface area contributed by atoms with E-state index in [1.54, 1.807) is 11.3 Å². The Bertz CT molecular complexity index is 558. The molecule has 0 spiro atoms. The molecule has 2 nitrogen and oxygen atoms in total. The van der Waals surface area contributed by atoms with Gasteiger partial charge in [-0.2, -0.15) is 0 Å².